The van der Waals surface area contributed by atoms with Gasteiger partial charge in [0, 0.05) is 6.42 Å². The van der Waals surface area contributed by atoms with Gasteiger partial charge in [-0.2, -0.15) is 4.98 Å². The lowest BCUT2D eigenvalue weighted by Gasteiger charge is -2.06. The second-order valence-corrected chi connectivity index (χ2v) is 5.80. The van der Waals surface area contributed by atoms with Gasteiger partial charge in [0.1, 0.15) is 5.75 Å². The predicted molar refractivity (Wildman–Crippen MR) is 78.3 cm³/mol. The topological polar surface area (TPSA) is 85.5 Å². The number of carboxylic acid groups (broad SMARTS) is 1. The Hall–Kier alpha value is -1.89. The van der Waals surface area contributed by atoms with E-state index in [1.54, 1.807) is 6.07 Å². The highest BCUT2D eigenvalue weighted by Gasteiger charge is 2.11. The Balaban J connectivity index is 2.04. The summed E-state index contributed by atoms with van der Waals surface area (Å²) in [6.07, 6.45) is 0.713. The molecule has 2 aromatic rings. The third kappa shape index (κ3) is 4.29. The highest BCUT2D eigenvalue weighted by molar-refractivity contribution is 9.10. The van der Waals surface area contributed by atoms with E-state index in [2.05, 4.69) is 39.9 Å². The van der Waals surface area contributed by atoms with E-state index >= 15 is 0 Å². The molecule has 0 spiro atoms. The van der Waals surface area contributed by atoms with Crippen molar-refractivity contribution in [2.45, 2.75) is 26.9 Å². The number of benzene rings is 1. The maximum absolute atomic E-state index is 10.9. The molecule has 0 saturated carbocycles. The van der Waals surface area contributed by atoms with Crippen molar-refractivity contribution in [3.63, 3.8) is 0 Å². The third-order valence-corrected chi connectivity index (χ3v) is 3.28. The number of halogens is 1. The fourth-order valence-electron chi connectivity index (χ4n) is 1.67. The summed E-state index contributed by atoms with van der Waals surface area (Å²) in [6, 6.07) is 4.56. The maximum atomic E-state index is 10.9. The predicted octanol–water partition coefficient (Wildman–Crippen LogP) is 3.31. The van der Waals surface area contributed by atoms with E-state index in [0.29, 0.717) is 34.3 Å². The number of aromatic carboxylic acids is 1. The first-order valence-electron chi connectivity index (χ1n) is 6.43. The Morgan fingerprint density at radius 2 is 2.24 bits per heavy atom. The van der Waals surface area contributed by atoms with Gasteiger partial charge < -0.3 is 14.4 Å². The second-order valence-electron chi connectivity index (χ2n) is 4.94. The van der Waals surface area contributed by atoms with Crippen LogP contribution in [0.4, 0.5) is 0 Å². The largest absolute Gasteiger partial charge is 0.484 e. The molecule has 0 fully saturated rings. The molecule has 1 aromatic heterocycles. The molecule has 21 heavy (non-hydrogen) atoms. The Bertz CT molecular complexity index is 640. The van der Waals surface area contributed by atoms with Gasteiger partial charge in [-0.1, -0.05) is 19.0 Å². The lowest BCUT2D eigenvalue weighted by Crippen LogP contribution is -2.01. The Labute approximate surface area is 130 Å². The summed E-state index contributed by atoms with van der Waals surface area (Å²) >= 11 is 3.31. The molecule has 112 valence electrons. The number of carboxylic acids is 1. The number of ether oxygens (including phenoxy) is 1. The van der Waals surface area contributed by atoms with Crippen LogP contribution in [0.15, 0.2) is 27.2 Å². The molecular formula is C14H15BrN2O4. The Kier molecular flexibility index (Phi) is 4.95. The molecule has 0 atom stereocenters. The van der Waals surface area contributed by atoms with E-state index in [9.17, 15) is 4.79 Å². The van der Waals surface area contributed by atoms with Crippen LogP contribution in [-0.4, -0.2) is 21.2 Å². The van der Waals surface area contributed by atoms with E-state index < -0.39 is 5.97 Å². The maximum Gasteiger partial charge on any atom is 0.335 e. The second kappa shape index (κ2) is 6.71. The first-order valence-corrected chi connectivity index (χ1v) is 7.22. The van der Waals surface area contributed by atoms with Crippen molar-refractivity contribution in [1.29, 1.82) is 0 Å². The summed E-state index contributed by atoms with van der Waals surface area (Å²) in [5, 5.41) is 12.8. The van der Waals surface area contributed by atoms with Crippen molar-refractivity contribution in [3.8, 4) is 5.75 Å². The molecule has 7 heteroatoms. The summed E-state index contributed by atoms with van der Waals surface area (Å²) in [7, 11) is 0. The fraction of sp³-hybridized carbons (Fsp3) is 0.357. The zero-order valence-electron chi connectivity index (χ0n) is 11.7. The van der Waals surface area contributed by atoms with Gasteiger partial charge in [0.05, 0.1) is 10.0 Å². The van der Waals surface area contributed by atoms with E-state index in [0.717, 1.165) is 0 Å². The molecule has 6 nitrogen and oxygen atoms in total. The minimum atomic E-state index is -1.01. The summed E-state index contributed by atoms with van der Waals surface area (Å²) in [5.74, 6) is 0.845. The molecule has 1 heterocycles. The summed E-state index contributed by atoms with van der Waals surface area (Å²) in [4.78, 5) is 15.2. The summed E-state index contributed by atoms with van der Waals surface area (Å²) in [6.45, 7) is 4.24. The number of aromatic nitrogens is 2. The smallest absolute Gasteiger partial charge is 0.335 e. The number of hydrogen-bond acceptors (Lipinski definition) is 5. The molecule has 0 aliphatic heterocycles. The van der Waals surface area contributed by atoms with Crippen LogP contribution in [-0.2, 0) is 13.0 Å². The Morgan fingerprint density at radius 3 is 2.90 bits per heavy atom. The van der Waals surface area contributed by atoms with Crippen molar-refractivity contribution in [3.05, 3.63) is 40.0 Å². The zero-order valence-corrected chi connectivity index (χ0v) is 13.3. The van der Waals surface area contributed by atoms with E-state index in [1.807, 2.05) is 0 Å². The highest BCUT2D eigenvalue weighted by atomic mass is 79.9. The quantitative estimate of drug-likeness (QED) is 0.856. The minimum Gasteiger partial charge on any atom is -0.484 e. The van der Waals surface area contributed by atoms with Crippen molar-refractivity contribution >= 4 is 21.9 Å². The molecule has 1 aromatic carbocycles. The molecular weight excluding hydrogens is 340 g/mol. The number of nitrogens with zero attached hydrogens (tertiary/aromatic N) is 2. The fourth-order valence-corrected chi connectivity index (χ4v) is 2.03. The molecule has 0 amide bonds. The van der Waals surface area contributed by atoms with Crippen molar-refractivity contribution < 1.29 is 19.2 Å². The number of carbonyl (C=O) groups is 1. The molecule has 2 rings (SSSR count). The van der Waals surface area contributed by atoms with Crippen LogP contribution in [0.25, 0.3) is 0 Å². The van der Waals surface area contributed by atoms with Crippen LogP contribution in [0.3, 0.4) is 0 Å². The SMILES string of the molecule is CC(C)Cc1nc(COc2cc(C(=O)O)ccc2Br)no1. The first-order chi connectivity index (χ1) is 9.95. The lowest BCUT2D eigenvalue weighted by atomic mass is 10.1. The van der Waals surface area contributed by atoms with Gasteiger partial charge in [-0.3, -0.25) is 0 Å². The van der Waals surface area contributed by atoms with E-state index in [1.165, 1.54) is 12.1 Å². The molecule has 0 radical (unpaired) electrons. The van der Waals surface area contributed by atoms with Crippen LogP contribution in [0, 0.1) is 5.92 Å². The van der Waals surface area contributed by atoms with Crippen LogP contribution in [0.2, 0.25) is 0 Å². The van der Waals surface area contributed by atoms with Gasteiger partial charge in [0.2, 0.25) is 11.7 Å². The van der Waals surface area contributed by atoms with Crippen LogP contribution >= 0.6 is 15.9 Å². The van der Waals surface area contributed by atoms with Gasteiger partial charge >= 0.3 is 5.97 Å². The van der Waals surface area contributed by atoms with Crippen molar-refractivity contribution in [1.82, 2.24) is 10.1 Å². The molecule has 0 saturated heterocycles. The standard InChI is InChI=1S/C14H15BrN2O4/c1-8(2)5-13-16-12(17-21-13)7-20-11-6-9(14(18)19)3-4-10(11)15/h3-4,6,8H,5,7H2,1-2H3,(H,18,19). The van der Waals surface area contributed by atoms with Crippen LogP contribution in [0.1, 0.15) is 35.9 Å². The van der Waals surface area contributed by atoms with Crippen LogP contribution in [0.5, 0.6) is 5.75 Å². The van der Waals surface area contributed by atoms with Gasteiger partial charge in [-0.15, -0.1) is 0 Å². The van der Waals surface area contributed by atoms with Gasteiger partial charge in [-0.25, -0.2) is 4.79 Å². The van der Waals surface area contributed by atoms with Crippen molar-refractivity contribution in [2.24, 2.45) is 5.92 Å². The number of rotatable bonds is 6. The highest BCUT2D eigenvalue weighted by Crippen LogP contribution is 2.26. The minimum absolute atomic E-state index is 0.114. The average molecular weight is 355 g/mol. The normalized spacial score (nSPS) is 10.9. The molecule has 1 N–H and O–H groups in total. The van der Waals surface area contributed by atoms with Crippen LogP contribution < -0.4 is 4.74 Å². The average Bonchev–Trinajstić information content (AvgIpc) is 2.84. The molecule has 0 bridgehead atoms. The van der Waals surface area contributed by atoms with Gasteiger partial charge in [0.25, 0.3) is 0 Å². The first kappa shape index (κ1) is 15.5. The van der Waals surface area contributed by atoms with Crippen molar-refractivity contribution in [2.75, 3.05) is 0 Å². The van der Waals surface area contributed by atoms with E-state index in [4.69, 9.17) is 14.4 Å². The van der Waals surface area contributed by atoms with Gasteiger partial charge in [0.15, 0.2) is 6.61 Å². The molecule has 0 aliphatic rings. The lowest BCUT2D eigenvalue weighted by molar-refractivity contribution is 0.0696. The zero-order chi connectivity index (χ0) is 15.4. The monoisotopic (exact) mass is 354 g/mol. The molecule has 0 unspecified atom stereocenters. The third-order valence-electron chi connectivity index (χ3n) is 2.63. The summed E-state index contributed by atoms with van der Waals surface area (Å²) < 4.78 is 11.3. The van der Waals surface area contributed by atoms with E-state index in [-0.39, 0.29) is 12.2 Å². The summed E-state index contributed by atoms with van der Waals surface area (Å²) in [5.41, 5.74) is 0.154. The van der Waals surface area contributed by atoms with Gasteiger partial charge in [-0.05, 0) is 40.0 Å². The number of hydrogen-bond donors (Lipinski definition) is 1. The Morgan fingerprint density at radius 1 is 1.48 bits per heavy atom. The molecule has 0 aliphatic carbocycles.